The molecule has 0 aliphatic heterocycles. The molecular formula is C10H10I2N3-. The topological polar surface area (TPSA) is 62.2 Å². The van der Waals surface area contributed by atoms with Gasteiger partial charge >= 0.3 is 114 Å². The number of nitrogens with two attached hydrogens (primary N) is 1. The van der Waals surface area contributed by atoms with E-state index in [1.54, 1.807) is 0 Å². The molecule has 0 spiro atoms. The Labute approximate surface area is 113 Å². The Bertz CT molecular complexity index is 461. The number of hydrogen-bond acceptors (Lipinski definition) is 3. The van der Waals surface area contributed by atoms with Gasteiger partial charge in [0.05, 0.1) is 0 Å². The van der Waals surface area contributed by atoms with E-state index >= 15 is 0 Å². The molecule has 0 saturated heterocycles. The van der Waals surface area contributed by atoms with Crippen molar-refractivity contribution < 1.29 is 21.2 Å². The van der Waals surface area contributed by atoms with Crippen LogP contribution in [-0.2, 0) is 0 Å². The summed E-state index contributed by atoms with van der Waals surface area (Å²) in [4.78, 5) is 6.04. The van der Waals surface area contributed by atoms with Gasteiger partial charge in [-0.05, 0) is 0 Å². The van der Waals surface area contributed by atoms with Gasteiger partial charge in [0, 0.05) is 0 Å². The second-order valence-electron chi connectivity index (χ2n) is 2.85. The van der Waals surface area contributed by atoms with Gasteiger partial charge in [0.25, 0.3) is 0 Å². The Kier molecular flexibility index (Phi) is 4.33. The molecule has 2 N–H and O–H groups in total. The molecule has 0 aromatic heterocycles. The fraction of sp³-hybridized carbons (Fsp3) is 0.200. The first-order valence-electron chi connectivity index (χ1n) is 4.06. The second-order valence-corrected chi connectivity index (χ2v) is 6.09. The summed E-state index contributed by atoms with van der Waals surface area (Å²) in [6, 6.07) is 2.24. The first-order valence-corrected chi connectivity index (χ1v) is 8.37. The molecule has 1 aromatic carbocycles. The van der Waals surface area contributed by atoms with Crippen LogP contribution in [-0.4, -0.2) is 11.6 Å². The van der Waals surface area contributed by atoms with Crippen molar-refractivity contribution in [2.45, 2.75) is 6.92 Å². The number of benzene rings is 1. The van der Waals surface area contributed by atoms with E-state index in [0.717, 1.165) is 18.3 Å². The van der Waals surface area contributed by atoms with Gasteiger partial charge in [0.2, 0.25) is 0 Å². The van der Waals surface area contributed by atoms with Crippen LogP contribution in [0.5, 0.6) is 0 Å². The molecule has 1 rings (SSSR count). The van der Waals surface area contributed by atoms with E-state index in [1.165, 1.54) is 0 Å². The molecule has 0 saturated carbocycles. The zero-order chi connectivity index (χ0) is 11.6. The number of nitriles is 1. The normalized spacial score (nSPS) is 10.0. The summed E-state index contributed by atoms with van der Waals surface area (Å²) in [7, 11) is 0. The molecule has 0 aliphatic carbocycles. The fourth-order valence-corrected chi connectivity index (χ4v) is 3.85. The van der Waals surface area contributed by atoms with Crippen LogP contribution in [0.4, 0.5) is 11.4 Å². The molecule has 0 atom stereocenters. The third-order valence-corrected chi connectivity index (χ3v) is 5.60. The zero-order valence-corrected chi connectivity index (χ0v) is 12.7. The van der Waals surface area contributed by atoms with Gasteiger partial charge < -0.3 is 0 Å². The van der Waals surface area contributed by atoms with Crippen molar-refractivity contribution in [3.8, 4) is 6.07 Å². The van der Waals surface area contributed by atoms with Crippen LogP contribution in [0.15, 0.2) is 4.99 Å². The van der Waals surface area contributed by atoms with E-state index < -0.39 is 0 Å². The zero-order valence-electron chi connectivity index (χ0n) is 8.43. The Morgan fingerprint density at radius 1 is 1.60 bits per heavy atom. The van der Waals surface area contributed by atoms with E-state index in [9.17, 15) is 0 Å². The molecule has 0 heterocycles. The average Bonchev–Trinajstić information content (AvgIpc) is 2.25. The molecule has 15 heavy (non-hydrogen) atoms. The van der Waals surface area contributed by atoms with Crippen molar-refractivity contribution in [2.24, 2.45) is 4.99 Å². The summed E-state index contributed by atoms with van der Waals surface area (Å²) in [5.41, 5.74) is 9.00. The summed E-state index contributed by atoms with van der Waals surface area (Å²) < 4.78 is 1.91. The SMILES string of the molecule is C=Nc1c(N)c(I)c(C)c(C#N)c1[I-]C. The monoisotopic (exact) mass is 426 g/mol. The number of nitrogens with zero attached hydrogens (tertiary/aromatic N) is 2. The molecule has 0 bridgehead atoms. The predicted molar refractivity (Wildman–Crippen MR) is 66.9 cm³/mol. The van der Waals surface area contributed by atoms with Crippen LogP contribution < -0.4 is 26.9 Å². The number of halogens is 2. The van der Waals surface area contributed by atoms with Crippen LogP contribution in [0, 0.1) is 25.4 Å². The molecule has 1 aromatic rings. The molecule has 0 fully saturated rings. The van der Waals surface area contributed by atoms with Crippen LogP contribution >= 0.6 is 22.6 Å². The quantitative estimate of drug-likeness (QED) is 0.294. The van der Waals surface area contributed by atoms with E-state index in [4.69, 9.17) is 11.0 Å². The maximum atomic E-state index is 9.13. The molecule has 3 nitrogen and oxygen atoms in total. The number of aliphatic imine (C=N–C) groups is 1. The molecule has 80 valence electrons. The average molecular weight is 426 g/mol. The number of alkyl halides is 1. The fourth-order valence-electron chi connectivity index (χ4n) is 1.29. The van der Waals surface area contributed by atoms with Crippen molar-refractivity contribution >= 4 is 40.7 Å². The van der Waals surface area contributed by atoms with Crippen LogP contribution in [0.1, 0.15) is 11.1 Å². The van der Waals surface area contributed by atoms with Crippen molar-refractivity contribution in [3.05, 3.63) is 18.3 Å². The Hall–Kier alpha value is -0.360. The third kappa shape index (κ3) is 2.10. The summed E-state index contributed by atoms with van der Waals surface area (Å²) in [6.07, 6.45) is 0. The Morgan fingerprint density at radius 2 is 2.20 bits per heavy atom. The molecule has 0 aliphatic rings. The number of nitrogen functional groups attached to an aromatic ring is 1. The van der Waals surface area contributed by atoms with Crippen molar-refractivity contribution in [3.63, 3.8) is 0 Å². The first kappa shape index (κ1) is 12.7. The van der Waals surface area contributed by atoms with E-state index in [1.807, 2.05) is 6.92 Å². The summed E-state index contributed by atoms with van der Waals surface area (Å²) in [5, 5.41) is 9.13. The van der Waals surface area contributed by atoms with Gasteiger partial charge in [0.1, 0.15) is 0 Å². The summed E-state index contributed by atoms with van der Waals surface area (Å²) >= 11 is 1.92. The minimum absolute atomic E-state index is 0.233. The molecule has 5 heteroatoms. The summed E-state index contributed by atoms with van der Waals surface area (Å²) in [5.74, 6) is 0. The van der Waals surface area contributed by atoms with Crippen LogP contribution in [0.2, 0.25) is 0 Å². The maximum absolute atomic E-state index is 9.13. The van der Waals surface area contributed by atoms with E-state index in [2.05, 4.69) is 45.3 Å². The number of anilines is 1. The predicted octanol–water partition coefficient (Wildman–Crippen LogP) is -0.726. The Balaban J connectivity index is 3.76. The van der Waals surface area contributed by atoms with Crippen molar-refractivity contribution in [1.29, 1.82) is 5.26 Å². The number of rotatable bonds is 2. The van der Waals surface area contributed by atoms with E-state index in [-0.39, 0.29) is 21.2 Å². The Morgan fingerprint density at radius 3 is 2.60 bits per heavy atom. The standard InChI is InChI=1S/C10H10I2N3/c1-5-6(4-13)8(12-2)10(15-3)9(14)7(5)11/h3,14H2,1-2H3/q-1. The van der Waals surface area contributed by atoms with Crippen molar-refractivity contribution in [1.82, 2.24) is 0 Å². The molecule has 0 amide bonds. The van der Waals surface area contributed by atoms with E-state index in [0.29, 0.717) is 11.4 Å². The third-order valence-electron chi connectivity index (χ3n) is 2.08. The first-order chi connectivity index (χ1) is 7.08. The van der Waals surface area contributed by atoms with Gasteiger partial charge in [-0.25, -0.2) is 0 Å². The second kappa shape index (κ2) is 5.12. The summed E-state index contributed by atoms with van der Waals surface area (Å²) in [6.45, 7) is 5.44. The number of hydrogen-bond donors (Lipinski definition) is 1. The van der Waals surface area contributed by atoms with Gasteiger partial charge in [-0.2, -0.15) is 0 Å². The minimum atomic E-state index is -0.233. The van der Waals surface area contributed by atoms with Crippen molar-refractivity contribution in [2.75, 3.05) is 10.7 Å². The van der Waals surface area contributed by atoms with Gasteiger partial charge in [-0.3, -0.25) is 0 Å². The molecule has 0 radical (unpaired) electrons. The molecular weight excluding hydrogens is 416 g/mol. The van der Waals surface area contributed by atoms with Crippen LogP contribution in [0.25, 0.3) is 0 Å². The van der Waals surface area contributed by atoms with Gasteiger partial charge in [-0.1, -0.05) is 0 Å². The van der Waals surface area contributed by atoms with Crippen LogP contribution in [0.3, 0.4) is 0 Å². The van der Waals surface area contributed by atoms with Gasteiger partial charge in [-0.15, -0.1) is 0 Å². The van der Waals surface area contributed by atoms with Gasteiger partial charge in [0.15, 0.2) is 0 Å². The molecule has 0 unspecified atom stereocenters.